The quantitative estimate of drug-likeness (QED) is 0.848. The number of aryl methyl sites for hydroxylation is 1. The van der Waals surface area contributed by atoms with E-state index in [1.807, 2.05) is 20.0 Å². The number of hydrogen-bond acceptors (Lipinski definition) is 3. The van der Waals surface area contributed by atoms with Gasteiger partial charge < -0.3 is 15.4 Å². The third kappa shape index (κ3) is 3.03. The van der Waals surface area contributed by atoms with Gasteiger partial charge in [-0.05, 0) is 37.2 Å². The molecule has 0 amide bonds. The Bertz CT molecular complexity index is 377. The van der Waals surface area contributed by atoms with Crippen molar-refractivity contribution in [2.24, 2.45) is 5.73 Å². The fourth-order valence-corrected chi connectivity index (χ4v) is 2.20. The van der Waals surface area contributed by atoms with E-state index in [4.69, 9.17) is 10.5 Å². The first-order valence-corrected chi connectivity index (χ1v) is 5.89. The number of likely N-dealkylation sites (N-methyl/N-ethyl adjacent to an activating group) is 1. The molecule has 1 heterocycles. The average molecular weight is 238 g/mol. The summed E-state index contributed by atoms with van der Waals surface area (Å²) in [6.07, 6.45) is -0.0602. The van der Waals surface area contributed by atoms with Gasteiger partial charge >= 0.3 is 0 Å². The summed E-state index contributed by atoms with van der Waals surface area (Å²) in [6, 6.07) is 4.65. The Morgan fingerprint density at radius 3 is 2.88 bits per heavy atom. The van der Waals surface area contributed by atoms with E-state index in [1.165, 1.54) is 12.1 Å². The standard InChI is InChI=1S/C13H19FN2O/c1-9-5-10(7-11(14)6-9)13(15)12-8-16(2)3-4-17-12/h5-7,12-13H,3-4,8,15H2,1-2H3. The van der Waals surface area contributed by atoms with Crippen molar-refractivity contribution < 1.29 is 9.13 Å². The second kappa shape index (κ2) is 5.12. The van der Waals surface area contributed by atoms with E-state index in [2.05, 4.69) is 4.90 Å². The van der Waals surface area contributed by atoms with Gasteiger partial charge in [0.1, 0.15) is 5.82 Å². The van der Waals surface area contributed by atoms with E-state index < -0.39 is 0 Å². The Morgan fingerprint density at radius 1 is 1.47 bits per heavy atom. The number of nitrogens with two attached hydrogens (primary N) is 1. The molecule has 1 aliphatic rings. The van der Waals surface area contributed by atoms with Crippen LogP contribution in [0.15, 0.2) is 18.2 Å². The molecule has 1 saturated heterocycles. The van der Waals surface area contributed by atoms with Crippen LogP contribution < -0.4 is 5.73 Å². The normalized spacial score (nSPS) is 23.6. The van der Waals surface area contributed by atoms with Crippen molar-refractivity contribution in [2.75, 3.05) is 26.7 Å². The van der Waals surface area contributed by atoms with Crippen LogP contribution in [-0.2, 0) is 4.74 Å². The molecule has 1 aliphatic heterocycles. The van der Waals surface area contributed by atoms with Gasteiger partial charge in [-0.3, -0.25) is 0 Å². The topological polar surface area (TPSA) is 38.5 Å². The molecule has 2 rings (SSSR count). The van der Waals surface area contributed by atoms with E-state index in [9.17, 15) is 4.39 Å². The van der Waals surface area contributed by atoms with Crippen molar-refractivity contribution in [3.05, 3.63) is 35.1 Å². The highest BCUT2D eigenvalue weighted by atomic mass is 19.1. The number of hydrogen-bond donors (Lipinski definition) is 1. The lowest BCUT2D eigenvalue weighted by Crippen LogP contribution is -2.45. The molecular formula is C13H19FN2O. The SMILES string of the molecule is Cc1cc(F)cc(C(N)C2CN(C)CCO2)c1. The van der Waals surface area contributed by atoms with Crippen LogP contribution in [0.3, 0.4) is 0 Å². The van der Waals surface area contributed by atoms with Crippen molar-refractivity contribution >= 4 is 0 Å². The van der Waals surface area contributed by atoms with Gasteiger partial charge in [0.2, 0.25) is 0 Å². The summed E-state index contributed by atoms with van der Waals surface area (Å²) < 4.78 is 19.0. The monoisotopic (exact) mass is 238 g/mol. The highest BCUT2D eigenvalue weighted by molar-refractivity contribution is 5.27. The smallest absolute Gasteiger partial charge is 0.123 e. The van der Waals surface area contributed by atoms with Gasteiger partial charge in [-0.1, -0.05) is 6.07 Å². The summed E-state index contributed by atoms with van der Waals surface area (Å²) in [4.78, 5) is 2.18. The van der Waals surface area contributed by atoms with Gasteiger partial charge in [0, 0.05) is 13.1 Å². The minimum atomic E-state index is -0.271. The molecule has 94 valence electrons. The van der Waals surface area contributed by atoms with Crippen LogP contribution >= 0.6 is 0 Å². The second-order valence-corrected chi connectivity index (χ2v) is 4.76. The van der Waals surface area contributed by atoms with Crippen LogP contribution in [0.2, 0.25) is 0 Å². The minimum absolute atomic E-state index is 0.0602. The van der Waals surface area contributed by atoms with Gasteiger partial charge in [-0.2, -0.15) is 0 Å². The van der Waals surface area contributed by atoms with Crippen LogP contribution in [0.1, 0.15) is 17.2 Å². The Balaban J connectivity index is 2.15. The number of benzene rings is 1. The fraction of sp³-hybridized carbons (Fsp3) is 0.538. The number of ether oxygens (including phenoxy) is 1. The first-order valence-electron chi connectivity index (χ1n) is 5.89. The molecule has 2 N–H and O–H groups in total. The van der Waals surface area contributed by atoms with Crippen molar-refractivity contribution in [1.82, 2.24) is 4.90 Å². The maximum Gasteiger partial charge on any atom is 0.123 e. The summed E-state index contributed by atoms with van der Waals surface area (Å²) >= 11 is 0. The van der Waals surface area contributed by atoms with E-state index in [0.717, 1.165) is 24.2 Å². The summed E-state index contributed by atoms with van der Waals surface area (Å²) in [5.41, 5.74) is 7.85. The molecule has 4 heteroatoms. The van der Waals surface area contributed by atoms with Crippen molar-refractivity contribution in [2.45, 2.75) is 19.1 Å². The fourth-order valence-electron chi connectivity index (χ4n) is 2.20. The first kappa shape index (κ1) is 12.5. The zero-order valence-corrected chi connectivity index (χ0v) is 10.3. The van der Waals surface area contributed by atoms with Crippen molar-refractivity contribution in [1.29, 1.82) is 0 Å². The lowest BCUT2D eigenvalue weighted by Gasteiger charge is -2.33. The largest absolute Gasteiger partial charge is 0.374 e. The highest BCUT2D eigenvalue weighted by Gasteiger charge is 2.25. The number of nitrogens with zero attached hydrogens (tertiary/aromatic N) is 1. The number of rotatable bonds is 2. The molecule has 0 aliphatic carbocycles. The molecule has 2 unspecified atom stereocenters. The predicted octanol–water partition coefficient (Wildman–Crippen LogP) is 1.46. The third-order valence-corrected chi connectivity index (χ3v) is 3.15. The Labute approximate surface area is 101 Å². The summed E-state index contributed by atoms with van der Waals surface area (Å²) in [5.74, 6) is -0.236. The molecule has 3 nitrogen and oxygen atoms in total. The van der Waals surface area contributed by atoms with Gasteiger partial charge in [-0.15, -0.1) is 0 Å². The minimum Gasteiger partial charge on any atom is -0.374 e. The molecule has 0 saturated carbocycles. The lowest BCUT2D eigenvalue weighted by molar-refractivity contribution is -0.0326. The van der Waals surface area contributed by atoms with Gasteiger partial charge in [0.25, 0.3) is 0 Å². The Kier molecular flexibility index (Phi) is 3.76. The lowest BCUT2D eigenvalue weighted by atomic mass is 9.99. The van der Waals surface area contributed by atoms with Gasteiger partial charge in [-0.25, -0.2) is 4.39 Å². The maximum absolute atomic E-state index is 13.3. The zero-order chi connectivity index (χ0) is 12.4. The first-order chi connectivity index (χ1) is 8.06. The van der Waals surface area contributed by atoms with Crippen LogP contribution in [0, 0.1) is 12.7 Å². The molecule has 1 aromatic carbocycles. The van der Waals surface area contributed by atoms with Crippen LogP contribution in [0.4, 0.5) is 4.39 Å². The zero-order valence-electron chi connectivity index (χ0n) is 10.3. The molecule has 1 fully saturated rings. The maximum atomic E-state index is 13.3. The highest BCUT2D eigenvalue weighted by Crippen LogP contribution is 2.21. The van der Waals surface area contributed by atoms with Gasteiger partial charge in [0.05, 0.1) is 18.8 Å². The van der Waals surface area contributed by atoms with Crippen LogP contribution in [-0.4, -0.2) is 37.7 Å². The summed E-state index contributed by atoms with van der Waals surface area (Å²) in [6.45, 7) is 4.26. The van der Waals surface area contributed by atoms with E-state index in [0.29, 0.717) is 6.61 Å². The molecule has 0 radical (unpaired) electrons. The molecule has 0 bridgehead atoms. The van der Waals surface area contributed by atoms with E-state index >= 15 is 0 Å². The van der Waals surface area contributed by atoms with E-state index in [-0.39, 0.29) is 18.0 Å². The van der Waals surface area contributed by atoms with E-state index in [1.54, 1.807) is 0 Å². The molecule has 1 aromatic rings. The molecule has 17 heavy (non-hydrogen) atoms. The van der Waals surface area contributed by atoms with Crippen molar-refractivity contribution in [3.8, 4) is 0 Å². The predicted molar refractivity (Wildman–Crippen MR) is 65.3 cm³/mol. The van der Waals surface area contributed by atoms with Crippen LogP contribution in [0.5, 0.6) is 0 Å². The number of halogens is 1. The number of morpholine rings is 1. The Morgan fingerprint density at radius 2 is 2.24 bits per heavy atom. The summed E-state index contributed by atoms with van der Waals surface area (Å²) in [5, 5.41) is 0. The third-order valence-electron chi connectivity index (χ3n) is 3.15. The Hall–Kier alpha value is -0.970. The van der Waals surface area contributed by atoms with Crippen molar-refractivity contribution in [3.63, 3.8) is 0 Å². The molecular weight excluding hydrogens is 219 g/mol. The van der Waals surface area contributed by atoms with Crippen LogP contribution in [0.25, 0.3) is 0 Å². The summed E-state index contributed by atoms with van der Waals surface area (Å²) in [7, 11) is 2.04. The molecule has 2 atom stereocenters. The average Bonchev–Trinajstić information content (AvgIpc) is 2.26. The van der Waals surface area contributed by atoms with Gasteiger partial charge in [0.15, 0.2) is 0 Å². The second-order valence-electron chi connectivity index (χ2n) is 4.76. The molecule has 0 spiro atoms. The molecule has 0 aromatic heterocycles.